The average Bonchev–Trinajstić information content (AvgIpc) is 2.77. The van der Waals surface area contributed by atoms with Crippen LogP contribution in [0.25, 0.3) is 11.5 Å². The minimum Gasteiger partial charge on any atom is -0.409 e. The SMILES string of the molecule is CN(CC(=O)NC(C)(C)C)Cn1nc(-c2cccc(Cl)c2)oc1=S. The number of nitrogens with zero attached hydrogens (tertiary/aromatic N) is 3. The van der Waals surface area contributed by atoms with Crippen molar-refractivity contribution in [3.05, 3.63) is 34.1 Å². The molecule has 1 N–H and O–H groups in total. The molecule has 1 heterocycles. The Bertz CT molecular complexity index is 779. The monoisotopic (exact) mass is 368 g/mol. The molecule has 0 unspecified atom stereocenters. The summed E-state index contributed by atoms with van der Waals surface area (Å²) in [7, 11) is 1.82. The van der Waals surface area contributed by atoms with E-state index in [1.807, 2.05) is 40.0 Å². The van der Waals surface area contributed by atoms with Crippen molar-refractivity contribution < 1.29 is 9.21 Å². The second-order valence-electron chi connectivity index (χ2n) is 6.64. The zero-order chi connectivity index (χ0) is 17.9. The maximum Gasteiger partial charge on any atom is 0.288 e. The fraction of sp³-hybridized carbons (Fsp3) is 0.438. The second-order valence-corrected chi connectivity index (χ2v) is 7.42. The molecule has 6 nitrogen and oxygen atoms in total. The minimum atomic E-state index is -0.262. The summed E-state index contributed by atoms with van der Waals surface area (Å²) < 4.78 is 7.06. The van der Waals surface area contributed by atoms with Gasteiger partial charge in [-0.3, -0.25) is 9.69 Å². The largest absolute Gasteiger partial charge is 0.409 e. The van der Waals surface area contributed by atoms with Crippen molar-refractivity contribution >= 4 is 29.7 Å². The van der Waals surface area contributed by atoms with Gasteiger partial charge in [-0.05, 0) is 58.2 Å². The smallest absolute Gasteiger partial charge is 0.288 e. The van der Waals surface area contributed by atoms with Gasteiger partial charge in [0.05, 0.1) is 13.2 Å². The van der Waals surface area contributed by atoms with Gasteiger partial charge in [0.15, 0.2) is 0 Å². The molecule has 0 aliphatic rings. The molecule has 1 aromatic carbocycles. The van der Waals surface area contributed by atoms with Crippen molar-refractivity contribution in [2.45, 2.75) is 33.0 Å². The third-order valence-electron chi connectivity index (χ3n) is 2.98. The molecule has 0 saturated heterocycles. The molecule has 0 aliphatic heterocycles. The summed E-state index contributed by atoms with van der Waals surface area (Å²) in [6.45, 7) is 6.40. The molecule has 0 spiro atoms. The Morgan fingerprint density at radius 1 is 1.46 bits per heavy atom. The van der Waals surface area contributed by atoms with Crippen LogP contribution in [0.2, 0.25) is 5.02 Å². The first-order valence-corrected chi connectivity index (χ1v) is 8.26. The highest BCUT2D eigenvalue weighted by Gasteiger charge is 2.16. The number of carbonyl (C=O) groups is 1. The number of carbonyl (C=O) groups excluding carboxylic acids is 1. The Balaban J connectivity index is 2.05. The molecule has 2 aromatic rings. The lowest BCUT2D eigenvalue weighted by Gasteiger charge is -2.23. The molecule has 130 valence electrons. The first kappa shape index (κ1) is 18.6. The number of hydrogen-bond donors (Lipinski definition) is 1. The van der Waals surface area contributed by atoms with Crippen LogP contribution in [0.15, 0.2) is 28.7 Å². The van der Waals surface area contributed by atoms with Crippen LogP contribution >= 0.6 is 23.8 Å². The lowest BCUT2D eigenvalue weighted by molar-refractivity contribution is -0.123. The van der Waals surface area contributed by atoms with E-state index in [2.05, 4.69) is 10.4 Å². The molecule has 0 atom stereocenters. The van der Waals surface area contributed by atoms with Crippen LogP contribution in [0.3, 0.4) is 0 Å². The van der Waals surface area contributed by atoms with Crippen molar-refractivity contribution in [3.8, 4) is 11.5 Å². The fourth-order valence-electron chi connectivity index (χ4n) is 2.12. The van der Waals surface area contributed by atoms with Gasteiger partial charge in [-0.2, -0.15) is 0 Å². The highest BCUT2D eigenvalue weighted by molar-refractivity contribution is 7.71. The third-order valence-corrected chi connectivity index (χ3v) is 3.51. The summed E-state index contributed by atoms with van der Waals surface area (Å²) in [4.78, 5) is 14.0. The maximum absolute atomic E-state index is 12.0. The predicted octanol–water partition coefficient (Wildman–Crippen LogP) is 3.33. The number of likely N-dealkylation sites (N-methyl/N-ethyl adjacent to an activating group) is 1. The van der Waals surface area contributed by atoms with Crippen molar-refractivity contribution in [1.29, 1.82) is 0 Å². The van der Waals surface area contributed by atoms with Gasteiger partial charge >= 0.3 is 0 Å². The Labute approximate surface area is 151 Å². The number of nitrogens with one attached hydrogen (secondary N) is 1. The molecule has 0 fully saturated rings. The van der Waals surface area contributed by atoms with Gasteiger partial charge in [0.2, 0.25) is 11.8 Å². The predicted molar refractivity (Wildman–Crippen MR) is 96.3 cm³/mol. The van der Waals surface area contributed by atoms with E-state index >= 15 is 0 Å². The summed E-state index contributed by atoms with van der Waals surface area (Å²) in [5.41, 5.74) is 0.488. The average molecular weight is 369 g/mol. The number of aromatic nitrogens is 2. The van der Waals surface area contributed by atoms with Gasteiger partial charge in [0, 0.05) is 16.1 Å². The van der Waals surface area contributed by atoms with E-state index in [0.717, 1.165) is 5.56 Å². The van der Waals surface area contributed by atoms with Crippen molar-refractivity contribution in [1.82, 2.24) is 20.0 Å². The van der Waals surface area contributed by atoms with Gasteiger partial charge in [-0.15, -0.1) is 5.10 Å². The Kier molecular flexibility index (Phi) is 5.79. The molecule has 1 aromatic heterocycles. The van der Waals surface area contributed by atoms with Crippen LogP contribution in [0.4, 0.5) is 0 Å². The standard InChI is InChI=1S/C16H21ClN4O2S/c1-16(2,3)18-13(22)9-20(4)10-21-15(24)23-14(19-21)11-6-5-7-12(17)8-11/h5-8H,9-10H2,1-4H3,(H,18,22). The number of benzene rings is 1. The highest BCUT2D eigenvalue weighted by Crippen LogP contribution is 2.21. The molecule has 24 heavy (non-hydrogen) atoms. The van der Waals surface area contributed by atoms with Gasteiger partial charge < -0.3 is 9.73 Å². The first-order chi connectivity index (χ1) is 11.1. The summed E-state index contributed by atoms with van der Waals surface area (Å²) in [5.74, 6) is 0.338. The molecule has 1 amide bonds. The first-order valence-electron chi connectivity index (χ1n) is 7.47. The van der Waals surface area contributed by atoms with Crippen molar-refractivity contribution in [3.63, 3.8) is 0 Å². The van der Waals surface area contributed by atoms with Crippen LogP contribution in [0.5, 0.6) is 0 Å². The summed E-state index contributed by atoms with van der Waals surface area (Å²) in [5, 5.41) is 7.87. The minimum absolute atomic E-state index is 0.0601. The normalized spacial score (nSPS) is 11.8. The van der Waals surface area contributed by atoms with Gasteiger partial charge in [-0.25, -0.2) is 4.68 Å². The highest BCUT2D eigenvalue weighted by atomic mass is 35.5. The van der Waals surface area contributed by atoms with Gasteiger partial charge in [-0.1, -0.05) is 17.7 Å². The van der Waals surface area contributed by atoms with Gasteiger partial charge in [0.25, 0.3) is 4.84 Å². The number of amides is 1. The number of rotatable bonds is 5. The summed E-state index contributed by atoms with van der Waals surface area (Å²) >= 11 is 11.2. The van der Waals surface area contributed by atoms with E-state index < -0.39 is 0 Å². The summed E-state index contributed by atoms with van der Waals surface area (Å²) in [6.07, 6.45) is 0. The van der Waals surface area contributed by atoms with E-state index in [4.69, 9.17) is 28.2 Å². The topological polar surface area (TPSA) is 63.3 Å². The van der Waals surface area contributed by atoms with Crippen LogP contribution in [-0.4, -0.2) is 39.7 Å². The van der Waals surface area contributed by atoms with E-state index in [1.54, 1.807) is 17.0 Å². The number of halogens is 1. The van der Waals surface area contributed by atoms with Crippen LogP contribution in [0.1, 0.15) is 20.8 Å². The molecule has 0 aliphatic carbocycles. The van der Waals surface area contributed by atoms with E-state index in [1.165, 1.54) is 4.68 Å². The molecule has 2 rings (SSSR count). The molecule has 0 radical (unpaired) electrons. The third kappa shape index (κ3) is 5.43. The van der Waals surface area contributed by atoms with Crippen LogP contribution < -0.4 is 5.32 Å². The zero-order valence-corrected chi connectivity index (χ0v) is 15.7. The molecular weight excluding hydrogens is 348 g/mol. The van der Waals surface area contributed by atoms with Crippen LogP contribution in [-0.2, 0) is 11.5 Å². The Hall–Kier alpha value is -1.70. The Morgan fingerprint density at radius 2 is 2.17 bits per heavy atom. The van der Waals surface area contributed by atoms with E-state index in [0.29, 0.717) is 17.6 Å². The molecule has 0 bridgehead atoms. The van der Waals surface area contributed by atoms with Crippen molar-refractivity contribution in [2.75, 3.05) is 13.6 Å². The van der Waals surface area contributed by atoms with E-state index in [9.17, 15) is 4.79 Å². The molecule has 8 heteroatoms. The Morgan fingerprint density at radius 3 is 2.79 bits per heavy atom. The van der Waals surface area contributed by atoms with Gasteiger partial charge in [0.1, 0.15) is 0 Å². The van der Waals surface area contributed by atoms with Crippen LogP contribution in [0, 0.1) is 4.84 Å². The quantitative estimate of drug-likeness (QED) is 0.820. The fourth-order valence-corrected chi connectivity index (χ4v) is 2.48. The molecular formula is C16H21ClN4O2S. The summed E-state index contributed by atoms with van der Waals surface area (Å²) in [6, 6.07) is 7.20. The lowest BCUT2D eigenvalue weighted by Crippen LogP contribution is -2.45. The maximum atomic E-state index is 12.0. The van der Waals surface area contributed by atoms with E-state index in [-0.39, 0.29) is 22.8 Å². The van der Waals surface area contributed by atoms with Crippen molar-refractivity contribution in [2.24, 2.45) is 0 Å². The lowest BCUT2D eigenvalue weighted by atomic mass is 10.1. The number of hydrogen-bond acceptors (Lipinski definition) is 5. The second kappa shape index (κ2) is 7.46. The zero-order valence-electron chi connectivity index (χ0n) is 14.2. The molecule has 0 saturated carbocycles.